The molecule has 1 fully saturated rings. The van der Waals surface area contributed by atoms with Gasteiger partial charge in [0.2, 0.25) is 5.95 Å². The van der Waals surface area contributed by atoms with Crippen LogP contribution in [0, 0.1) is 12.8 Å². The quantitative estimate of drug-likeness (QED) is 0.766. The highest BCUT2D eigenvalue weighted by atomic mass is 35.5. The summed E-state index contributed by atoms with van der Waals surface area (Å²) in [5.74, 6) is 0.459. The SMILES string of the molecule is Cc1nn(CC(C)C)c(Cl)c1C1CCCN1c1nccc(C(F)(F)F)n1. The normalized spacial score (nSPS) is 18.2. The van der Waals surface area contributed by atoms with Crippen molar-refractivity contribution in [2.75, 3.05) is 11.4 Å². The molecule has 2 aromatic heterocycles. The minimum Gasteiger partial charge on any atom is -0.334 e. The maximum Gasteiger partial charge on any atom is 0.433 e. The number of rotatable bonds is 4. The van der Waals surface area contributed by atoms with Gasteiger partial charge in [0.05, 0.1) is 11.7 Å². The summed E-state index contributed by atoms with van der Waals surface area (Å²) in [5, 5.41) is 5.06. The van der Waals surface area contributed by atoms with Gasteiger partial charge >= 0.3 is 6.18 Å². The van der Waals surface area contributed by atoms with Gasteiger partial charge < -0.3 is 4.90 Å². The number of halogens is 4. The van der Waals surface area contributed by atoms with Crippen LogP contribution in [0.5, 0.6) is 0 Å². The lowest BCUT2D eigenvalue weighted by atomic mass is 10.1. The van der Waals surface area contributed by atoms with Crippen molar-refractivity contribution in [1.82, 2.24) is 19.7 Å². The van der Waals surface area contributed by atoms with Crippen molar-refractivity contribution >= 4 is 17.5 Å². The number of alkyl halides is 3. The maximum absolute atomic E-state index is 13.0. The molecule has 0 radical (unpaired) electrons. The predicted molar refractivity (Wildman–Crippen MR) is 93.2 cm³/mol. The Kier molecular flexibility index (Phi) is 5.14. The van der Waals surface area contributed by atoms with Gasteiger partial charge in [0.15, 0.2) is 0 Å². The highest BCUT2D eigenvalue weighted by Gasteiger charge is 2.36. The molecule has 26 heavy (non-hydrogen) atoms. The van der Waals surface area contributed by atoms with E-state index in [-0.39, 0.29) is 12.0 Å². The van der Waals surface area contributed by atoms with E-state index in [0.717, 1.165) is 36.4 Å². The molecule has 1 atom stereocenters. The molecule has 0 saturated carbocycles. The molecule has 9 heteroatoms. The summed E-state index contributed by atoms with van der Waals surface area (Å²) in [4.78, 5) is 9.60. The van der Waals surface area contributed by atoms with E-state index in [0.29, 0.717) is 24.2 Å². The van der Waals surface area contributed by atoms with Crippen LogP contribution >= 0.6 is 11.6 Å². The zero-order valence-electron chi connectivity index (χ0n) is 14.9. The largest absolute Gasteiger partial charge is 0.433 e. The monoisotopic (exact) mass is 387 g/mol. The lowest BCUT2D eigenvalue weighted by Crippen LogP contribution is -2.26. The first-order valence-corrected chi connectivity index (χ1v) is 8.96. The van der Waals surface area contributed by atoms with E-state index in [4.69, 9.17) is 11.6 Å². The Morgan fingerprint density at radius 3 is 2.73 bits per heavy atom. The molecule has 1 saturated heterocycles. The van der Waals surface area contributed by atoms with Gasteiger partial charge in [-0.15, -0.1) is 0 Å². The van der Waals surface area contributed by atoms with Gasteiger partial charge in [-0.25, -0.2) is 9.97 Å². The number of aromatic nitrogens is 4. The summed E-state index contributed by atoms with van der Waals surface area (Å²) in [6.45, 7) is 7.29. The molecule has 0 amide bonds. The van der Waals surface area contributed by atoms with Crippen molar-refractivity contribution in [3.8, 4) is 0 Å². The molecular formula is C17H21ClF3N5. The summed E-state index contributed by atoms with van der Waals surface area (Å²) in [6.07, 6.45) is -1.75. The molecule has 2 aromatic rings. The van der Waals surface area contributed by atoms with Crippen molar-refractivity contribution in [3.05, 3.63) is 34.4 Å². The highest BCUT2D eigenvalue weighted by molar-refractivity contribution is 6.30. The zero-order chi connectivity index (χ0) is 19.1. The van der Waals surface area contributed by atoms with Crippen LogP contribution < -0.4 is 4.90 Å². The Bertz CT molecular complexity index is 787. The van der Waals surface area contributed by atoms with Crippen LogP contribution in [0.1, 0.15) is 49.7 Å². The molecule has 0 aliphatic carbocycles. The molecule has 3 heterocycles. The van der Waals surface area contributed by atoms with E-state index in [9.17, 15) is 13.2 Å². The highest BCUT2D eigenvalue weighted by Crippen LogP contribution is 2.40. The van der Waals surface area contributed by atoms with Gasteiger partial charge in [-0.2, -0.15) is 18.3 Å². The van der Waals surface area contributed by atoms with Gasteiger partial charge in [-0.1, -0.05) is 25.4 Å². The Hall–Kier alpha value is -1.83. The molecule has 0 aromatic carbocycles. The van der Waals surface area contributed by atoms with Crippen LogP contribution in [-0.4, -0.2) is 26.3 Å². The number of hydrogen-bond donors (Lipinski definition) is 0. The fourth-order valence-electron chi connectivity index (χ4n) is 3.36. The summed E-state index contributed by atoms with van der Waals surface area (Å²) < 4.78 is 40.7. The minimum atomic E-state index is -4.50. The molecule has 1 unspecified atom stereocenters. The van der Waals surface area contributed by atoms with E-state index in [1.165, 1.54) is 0 Å². The molecule has 0 spiro atoms. The van der Waals surface area contributed by atoms with Gasteiger partial charge in [-0.05, 0) is 31.7 Å². The van der Waals surface area contributed by atoms with Crippen molar-refractivity contribution < 1.29 is 13.2 Å². The maximum atomic E-state index is 13.0. The fourth-order valence-corrected chi connectivity index (χ4v) is 3.73. The van der Waals surface area contributed by atoms with Crippen molar-refractivity contribution in [3.63, 3.8) is 0 Å². The van der Waals surface area contributed by atoms with E-state index >= 15 is 0 Å². The van der Waals surface area contributed by atoms with Crippen molar-refractivity contribution in [2.24, 2.45) is 5.92 Å². The second kappa shape index (κ2) is 7.06. The lowest BCUT2D eigenvalue weighted by molar-refractivity contribution is -0.141. The Labute approximate surface area is 155 Å². The zero-order valence-corrected chi connectivity index (χ0v) is 15.6. The number of hydrogen-bond acceptors (Lipinski definition) is 4. The molecule has 1 aliphatic rings. The second-order valence-electron chi connectivity index (χ2n) is 6.96. The average molecular weight is 388 g/mol. The third-order valence-corrected chi connectivity index (χ3v) is 4.82. The number of nitrogens with zero attached hydrogens (tertiary/aromatic N) is 5. The van der Waals surface area contributed by atoms with E-state index < -0.39 is 11.9 Å². The molecule has 5 nitrogen and oxygen atoms in total. The van der Waals surface area contributed by atoms with Crippen molar-refractivity contribution in [1.29, 1.82) is 0 Å². The number of anilines is 1. The van der Waals surface area contributed by atoms with Crippen LogP contribution in [-0.2, 0) is 12.7 Å². The van der Waals surface area contributed by atoms with E-state index in [2.05, 4.69) is 28.9 Å². The Morgan fingerprint density at radius 2 is 2.08 bits per heavy atom. The second-order valence-corrected chi connectivity index (χ2v) is 7.31. The van der Waals surface area contributed by atoms with Crippen LogP contribution in [0.4, 0.5) is 19.1 Å². The fraction of sp³-hybridized carbons (Fsp3) is 0.588. The first-order valence-electron chi connectivity index (χ1n) is 8.58. The standard InChI is InChI=1S/C17H21ClF3N5/c1-10(2)9-26-15(18)14(11(3)24-26)12-5-4-8-25(12)16-22-7-6-13(23-16)17(19,20)21/h6-7,10,12H,4-5,8-9H2,1-3H3. The lowest BCUT2D eigenvalue weighted by Gasteiger charge is -2.25. The first-order chi connectivity index (χ1) is 12.2. The van der Waals surface area contributed by atoms with Crippen LogP contribution in [0.3, 0.4) is 0 Å². The summed E-state index contributed by atoms with van der Waals surface area (Å²) in [5.41, 5.74) is 0.705. The predicted octanol–water partition coefficient (Wildman–Crippen LogP) is 4.65. The molecular weight excluding hydrogens is 367 g/mol. The third kappa shape index (κ3) is 3.65. The van der Waals surface area contributed by atoms with Gasteiger partial charge in [0.25, 0.3) is 0 Å². The third-order valence-electron chi connectivity index (χ3n) is 4.42. The number of aryl methyl sites for hydroxylation is 1. The minimum absolute atomic E-state index is 0.0781. The van der Waals surface area contributed by atoms with E-state index in [1.807, 2.05) is 6.92 Å². The molecule has 1 aliphatic heterocycles. The molecule has 0 bridgehead atoms. The Balaban J connectivity index is 1.96. The summed E-state index contributed by atoms with van der Waals surface area (Å²) >= 11 is 6.56. The van der Waals surface area contributed by atoms with Crippen LogP contribution in [0.2, 0.25) is 5.15 Å². The van der Waals surface area contributed by atoms with Crippen LogP contribution in [0.25, 0.3) is 0 Å². The Morgan fingerprint density at radius 1 is 1.35 bits per heavy atom. The molecule has 142 valence electrons. The van der Waals surface area contributed by atoms with Crippen molar-refractivity contribution in [2.45, 2.75) is 52.4 Å². The summed E-state index contributed by atoms with van der Waals surface area (Å²) in [6, 6.07) is 0.708. The smallest absolute Gasteiger partial charge is 0.334 e. The van der Waals surface area contributed by atoms with Gasteiger partial charge in [-0.3, -0.25) is 4.68 Å². The first kappa shape index (κ1) is 18.9. The van der Waals surface area contributed by atoms with E-state index in [1.54, 1.807) is 9.58 Å². The van der Waals surface area contributed by atoms with Gasteiger partial charge in [0, 0.05) is 24.8 Å². The average Bonchev–Trinajstić information content (AvgIpc) is 3.11. The van der Waals surface area contributed by atoms with Crippen LogP contribution in [0.15, 0.2) is 12.3 Å². The topological polar surface area (TPSA) is 46.8 Å². The molecule has 3 rings (SSSR count). The summed E-state index contributed by atoms with van der Waals surface area (Å²) in [7, 11) is 0. The van der Waals surface area contributed by atoms with Gasteiger partial charge in [0.1, 0.15) is 10.8 Å². The molecule has 0 N–H and O–H groups in total.